The molecule has 0 radical (unpaired) electrons. The Labute approximate surface area is 276 Å². The second-order valence-electron chi connectivity index (χ2n) is 12.2. The maximum Gasteiger partial charge on any atom is 0.258 e. The molecule has 1 aliphatic rings. The van der Waals surface area contributed by atoms with E-state index in [0.29, 0.717) is 47.0 Å². The number of aromatic nitrogens is 1. The largest absolute Gasteiger partial charge is 0.495 e. The van der Waals surface area contributed by atoms with Crippen LogP contribution in [0.3, 0.4) is 0 Å². The van der Waals surface area contributed by atoms with Gasteiger partial charge in [-0.25, -0.2) is 0 Å². The van der Waals surface area contributed by atoms with Crippen molar-refractivity contribution in [1.29, 1.82) is 0 Å². The number of carbonyl (C=O) groups is 3. The molecule has 0 bridgehead atoms. The quantitative estimate of drug-likeness (QED) is 0.199. The highest BCUT2D eigenvalue weighted by atomic mass is 16.5. The van der Waals surface area contributed by atoms with Gasteiger partial charge >= 0.3 is 0 Å². The number of likely N-dealkylation sites (N-methyl/N-ethyl adjacent to an activating group) is 1. The van der Waals surface area contributed by atoms with Crippen molar-refractivity contribution in [3.05, 3.63) is 83.6 Å². The summed E-state index contributed by atoms with van der Waals surface area (Å²) in [4.78, 5) is 45.2. The predicted molar refractivity (Wildman–Crippen MR) is 186 cm³/mol. The summed E-state index contributed by atoms with van der Waals surface area (Å²) in [5.41, 5.74) is 4.06. The second kappa shape index (κ2) is 15.2. The van der Waals surface area contributed by atoms with Gasteiger partial charge in [0.15, 0.2) is 0 Å². The number of rotatable bonds is 12. The van der Waals surface area contributed by atoms with Gasteiger partial charge in [-0.3, -0.25) is 14.4 Å². The highest BCUT2D eigenvalue weighted by Gasteiger charge is 2.21. The minimum absolute atomic E-state index is 0.233. The summed E-state index contributed by atoms with van der Waals surface area (Å²) in [7, 11) is 7.25. The first-order valence-electron chi connectivity index (χ1n) is 16.2. The van der Waals surface area contributed by atoms with Crippen molar-refractivity contribution < 1.29 is 23.9 Å². The van der Waals surface area contributed by atoms with Crippen LogP contribution < -0.4 is 19.7 Å². The molecule has 4 aromatic rings. The Morgan fingerprint density at radius 2 is 1.68 bits per heavy atom. The predicted octanol–water partition coefficient (Wildman–Crippen LogP) is 5.74. The fraction of sp³-hybridized carbons (Fsp3) is 0.378. The Hall–Kier alpha value is -4.83. The lowest BCUT2D eigenvalue weighted by molar-refractivity contribution is -0.132. The van der Waals surface area contributed by atoms with Crippen molar-refractivity contribution in [3.8, 4) is 11.5 Å². The number of anilines is 2. The molecule has 0 saturated carbocycles. The number of benzene rings is 3. The molecule has 1 N–H and O–H groups in total. The third-order valence-electron chi connectivity index (χ3n) is 8.80. The fourth-order valence-corrected chi connectivity index (χ4v) is 5.89. The number of methoxy groups -OCH3 is 1. The number of hydrogen-bond donors (Lipinski definition) is 1. The molecular formula is C37H45N5O5. The molecule has 1 saturated heterocycles. The van der Waals surface area contributed by atoms with E-state index in [1.165, 1.54) is 7.11 Å². The van der Waals surface area contributed by atoms with Gasteiger partial charge in [0, 0.05) is 74.9 Å². The van der Waals surface area contributed by atoms with E-state index in [2.05, 4.69) is 17.3 Å². The number of unbranched alkanes of at least 4 members (excludes halogenated alkanes) is 2. The van der Waals surface area contributed by atoms with Crippen molar-refractivity contribution in [3.63, 3.8) is 0 Å². The third kappa shape index (κ3) is 7.94. The number of ether oxygens (including phenoxy) is 2. The van der Waals surface area contributed by atoms with Gasteiger partial charge in [0.05, 0.1) is 25.1 Å². The molecule has 1 aromatic heterocycles. The number of amides is 3. The second-order valence-corrected chi connectivity index (χ2v) is 12.2. The smallest absolute Gasteiger partial charge is 0.258 e. The Kier molecular flexibility index (Phi) is 10.8. The molecule has 0 unspecified atom stereocenters. The summed E-state index contributed by atoms with van der Waals surface area (Å²) in [6, 6.07) is 18.3. The SMILES string of the molecule is COc1cc(C(=O)N(C)c2ccc(C)cc2OCCCCCC(=O)N2CCN(C)CC2)ccc1NC(=O)c1cccc2c1ccn2C. The minimum Gasteiger partial charge on any atom is -0.495 e. The molecule has 1 fully saturated rings. The summed E-state index contributed by atoms with van der Waals surface area (Å²) in [5.74, 6) is 0.729. The van der Waals surface area contributed by atoms with Crippen molar-refractivity contribution in [2.45, 2.75) is 32.6 Å². The lowest BCUT2D eigenvalue weighted by Gasteiger charge is -2.32. The van der Waals surface area contributed by atoms with Gasteiger partial charge in [0.2, 0.25) is 5.91 Å². The fourth-order valence-electron chi connectivity index (χ4n) is 5.89. The topological polar surface area (TPSA) is 96.3 Å². The van der Waals surface area contributed by atoms with Crippen molar-refractivity contribution in [2.24, 2.45) is 7.05 Å². The van der Waals surface area contributed by atoms with Crippen LogP contribution in [-0.2, 0) is 11.8 Å². The molecule has 0 aliphatic carbocycles. The van der Waals surface area contributed by atoms with E-state index in [1.807, 2.05) is 66.0 Å². The lowest BCUT2D eigenvalue weighted by atomic mass is 10.1. The number of aryl methyl sites for hydroxylation is 2. The normalized spacial score (nSPS) is 13.4. The summed E-state index contributed by atoms with van der Waals surface area (Å²) < 4.78 is 13.7. The number of nitrogens with zero attached hydrogens (tertiary/aromatic N) is 4. The van der Waals surface area contributed by atoms with E-state index >= 15 is 0 Å². The molecule has 1 aliphatic heterocycles. The van der Waals surface area contributed by atoms with E-state index in [9.17, 15) is 14.4 Å². The number of piperazine rings is 1. The molecule has 10 nitrogen and oxygen atoms in total. The number of hydrogen-bond acceptors (Lipinski definition) is 6. The average Bonchev–Trinajstić information content (AvgIpc) is 3.46. The first-order chi connectivity index (χ1) is 22.7. The van der Waals surface area contributed by atoms with Crippen molar-refractivity contribution in [1.82, 2.24) is 14.4 Å². The summed E-state index contributed by atoms with van der Waals surface area (Å²) in [5, 5.41) is 3.80. The van der Waals surface area contributed by atoms with Gasteiger partial charge in [0.1, 0.15) is 11.5 Å². The Morgan fingerprint density at radius 3 is 2.45 bits per heavy atom. The molecule has 2 heterocycles. The number of carbonyl (C=O) groups excluding carboxylic acids is 3. The Morgan fingerprint density at radius 1 is 0.894 bits per heavy atom. The van der Waals surface area contributed by atoms with Gasteiger partial charge in [-0.2, -0.15) is 0 Å². The van der Waals surface area contributed by atoms with E-state index in [0.717, 1.165) is 61.9 Å². The van der Waals surface area contributed by atoms with E-state index < -0.39 is 0 Å². The van der Waals surface area contributed by atoms with Crippen LogP contribution in [0.2, 0.25) is 0 Å². The zero-order chi connectivity index (χ0) is 33.5. The Bertz CT molecular complexity index is 1740. The molecule has 3 aromatic carbocycles. The van der Waals surface area contributed by atoms with Gasteiger partial charge in [-0.1, -0.05) is 12.1 Å². The lowest BCUT2D eigenvalue weighted by Crippen LogP contribution is -2.47. The first kappa shape index (κ1) is 33.5. The first-order valence-corrected chi connectivity index (χ1v) is 16.2. The number of fused-ring (bicyclic) bond motifs is 1. The molecule has 0 atom stereocenters. The monoisotopic (exact) mass is 639 g/mol. The molecule has 0 spiro atoms. The molecule has 47 heavy (non-hydrogen) atoms. The van der Waals surface area contributed by atoms with Gasteiger partial charge in [-0.05, 0) is 87.3 Å². The van der Waals surface area contributed by atoms with Gasteiger partial charge in [0.25, 0.3) is 11.8 Å². The average molecular weight is 640 g/mol. The molecule has 3 amide bonds. The molecule has 5 rings (SSSR count). The molecular weight excluding hydrogens is 594 g/mol. The van der Waals surface area contributed by atoms with E-state index in [-0.39, 0.29) is 17.7 Å². The third-order valence-corrected chi connectivity index (χ3v) is 8.80. The maximum atomic E-state index is 13.7. The maximum absolute atomic E-state index is 13.7. The van der Waals surface area contributed by atoms with Crippen LogP contribution in [0, 0.1) is 6.92 Å². The summed E-state index contributed by atoms with van der Waals surface area (Å²) >= 11 is 0. The van der Waals surface area contributed by atoms with E-state index in [1.54, 1.807) is 36.2 Å². The van der Waals surface area contributed by atoms with Crippen LogP contribution in [0.5, 0.6) is 11.5 Å². The van der Waals surface area contributed by atoms with Gasteiger partial charge in [-0.15, -0.1) is 0 Å². The zero-order valence-electron chi connectivity index (χ0n) is 28.0. The highest BCUT2D eigenvalue weighted by Crippen LogP contribution is 2.32. The minimum atomic E-state index is -0.264. The van der Waals surface area contributed by atoms with Crippen LogP contribution >= 0.6 is 0 Å². The molecule has 10 heteroatoms. The van der Waals surface area contributed by atoms with Crippen molar-refractivity contribution in [2.75, 3.05) is 64.2 Å². The van der Waals surface area contributed by atoms with Crippen LogP contribution in [-0.4, -0.2) is 86.1 Å². The molecule has 248 valence electrons. The standard InChI is InChI=1S/C37H45N5O5/c1-26-13-16-32(34(24-26)47-23-8-6-7-12-35(43)42-21-19-39(2)20-22-42)41(4)37(45)27-14-15-30(33(25-27)46-5)38-36(44)29-10-9-11-31-28(29)17-18-40(31)3/h9-11,13-18,24-25H,6-8,12,19-23H2,1-5H3,(H,38,44). The zero-order valence-corrected chi connectivity index (χ0v) is 28.0. The number of nitrogens with one attached hydrogen (secondary N) is 1. The van der Waals surface area contributed by atoms with Crippen LogP contribution in [0.15, 0.2) is 66.9 Å². The van der Waals surface area contributed by atoms with Crippen LogP contribution in [0.1, 0.15) is 52.0 Å². The summed E-state index contributed by atoms with van der Waals surface area (Å²) in [6.45, 7) is 5.94. The van der Waals surface area contributed by atoms with Crippen molar-refractivity contribution >= 4 is 40.0 Å². The Balaban J connectivity index is 1.19. The van der Waals surface area contributed by atoms with Gasteiger partial charge < -0.3 is 34.1 Å². The summed E-state index contributed by atoms with van der Waals surface area (Å²) in [6.07, 6.45) is 5.01. The van der Waals surface area contributed by atoms with Crippen LogP contribution in [0.25, 0.3) is 10.9 Å². The highest BCUT2D eigenvalue weighted by molar-refractivity contribution is 6.13. The van der Waals surface area contributed by atoms with E-state index in [4.69, 9.17) is 9.47 Å². The van der Waals surface area contributed by atoms with Crippen LogP contribution in [0.4, 0.5) is 11.4 Å².